The van der Waals surface area contributed by atoms with Crippen molar-refractivity contribution in [1.82, 2.24) is 5.32 Å². The van der Waals surface area contributed by atoms with Crippen molar-refractivity contribution in [3.05, 3.63) is 72.3 Å². The number of hydrogen-bond donors (Lipinski definition) is 2. The molecule has 0 bridgehead atoms. The lowest BCUT2D eigenvalue weighted by atomic mass is 10.1. The second kappa shape index (κ2) is 13.0. The van der Waals surface area contributed by atoms with Crippen molar-refractivity contribution in [2.24, 2.45) is 15.1 Å². The molecule has 0 aromatic heterocycles. The molecule has 0 radical (unpaired) electrons. The summed E-state index contributed by atoms with van der Waals surface area (Å²) >= 11 is 0. The van der Waals surface area contributed by atoms with E-state index in [1.807, 2.05) is 48.5 Å². The number of hydrogen-bond acceptors (Lipinski definition) is 7. The zero-order chi connectivity index (χ0) is 25.0. The van der Waals surface area contributed by atoms with Crippen LogP contribution < -0.4 is 14.8 Å². The summed E-state index contributed by atoms with van der Waals surface area (Å²) in [6, 6.07) is 14.9. The van der Waals surface area contributed by atoms with Gasteiger partial charge in [0.2, 0.25) is 0 Å². The van der Waals surface area contributed by atoms with E-state index in [-0.39, 0.29) is 30.9 Å². The van der Waals surface area contributed by atoms with Gasteiger partial charge in [0.15, 0.2) is 6.10 Å². The maximum absolute atomic E-state index is 12.5. The highest BCUT2D eigenvalue weighted by Gasteiger charge is 2.22. The number of ether oxygens (including phenoxy) is 2. The van der Waals surface area contributed by atoms with Crippen LogP contribution in [0, 0.1) is 0 Å². The van der Waals surface area contributed by atoms with E-state index in [0.717, 1.165) is 22.6 Å². The second-order valence-electron chi connectivity index (χ2n) is 7.69. The first-order chi connectivity index (χ1) is 17.0. The molecule has 0 saturated carbocycles. The fourth-order valence-electron chi connectivity index (χ4n) is 3.25. The van der Waals surface area contributed by atoms with Gasteiger partial charge >= 0.3 is 0 Å². The zero-order valence-corrected chi connectivity index (χ0v) is 19.9. The Morgan fingerprint density at radius 2 is 1.94 bits per heavy atom. The van der Waals surface area contributed by atoms with Crippen LogP contribution in [-0.4, -0.2) is 61.2 Å². The molecule has 0 fully saturated rings. The maximum Gasteiger partial charge on any atom is 0.270 e. The smallest absolute Gasteiger partial charge is 0.270 e. The Morgan fingerprint density at radius 3 is 2.60 bits per heavy atom. The van der Waals surface area contributed by atoms with Crippen LogP contribution in [0.1, 0.15) is 24.5 Å². The van der Waals surface area contributed by atoms with Crippen molar-refractivity contribution in [2.75, 3.05) is 26.9 Å². The molecule has 0 aliphatic carbocycles. The number of nitrogens with one attached hydrogen (secondary N) is 1. The third-order valence-corrected chi connectivity index (χ3v) is 5.12. The van der Waals surface area contributed by atoms with Gasteiger partial charge in [-0.15, -0.1) is 0 Å². The minimum Gasteiger partial charge on any atom is -0.497 e. The number of oxime groups is 1. The summed E-state index contributed by atoms with van der Waals surface area (Å²) in [7, 11) is 1.61. The van der Waals surface area contributed by atoms with E-state index in [9.17, 15) is 4.79 Å². The first kappa shape index (κ1) is 25.6. The highest BCUT2D eigenvalue weighted by atomic mass is 16.6. The average molecular weight is 479 g/mol. The van der Waals surface area contributed by atoms with Gasteiger partial charge in [0, 0.05) is 13.0 Å². The summed E-state index contributed by atoms with van der Waals surface area (Å²) in [4.78, 5) is 26.7. The predicted octanol–water partition coefficient (Wildman–Crippen LogP) is 2.92. The SMILES string of the molecule is C=CC(=NC(C)=NCC1CC(c2ccc(OCCO)cc2)=NO1)C(=O)NCc1ccc(OC)cc1. The molecule has 2 aromatic rings. The molecule has 1 aliphatic rings. The Kier molecular flexibility index (Phi) is 9.56. The minimum absolute atomic E-state index is 0.0311. The second-order valence-corrected chi connectivity index (χ2v) is 7.69. The van der Waals surface area contributed by atoms with E-state index in [1.165, 1.54) is 6.08 Å². The first-order valence-corrected chi connectivity index (χ1v) is 11.2. The largest absolute Gasteiger partial charge is 0.497 e. The van der Waals surface area contributed by atoms with Crippen molar-refractivity contribution in [1.29, 1.82) is 0 Å². The van der Waals surface area contributed by atoms with Gasteiger partial charge in [0.25, 0.3) is 5.91 Å². The first-order valence-electron chi connectivity index (χ1n) is 11.2. The fourth-order valence-corrected chi connectivity index (χ4v) is 3.25. The van der Waals surface area contributed by atoms with Crippen LogP contribution in [0.4, 0.5) is 0 Å². The molecule has 0 spiro atoms. The van der Waals surface area contributed by atoms with Crippen LogP contribution in [0.25, 0.3) is 0 Å². The highest BCUT2D eigenvalue weighted by molar-refractivity contribution is 6.44. The number of rotatable bonds is 11. The number of aliphatic imine (C=N–C) groups is 2. The van der Waals surface area contributed by atoms with Gasteiger partial charge in [0.05, 0.1) is 26.0 Å². The van der Waals surface area contributed by atoms with Gasteiger partial charge in [-0.1, -0.05) is 23.9 Å². The number of methoxy groups -OCH3 is 1. The summed E-state index contributed by atoms with van der Waals surface area (Å²) in [5.74, 6) is 1.55. The van der Waals surface area contributed by atoms with Crippen LogP contribution in [0.3, 0.4) is 0 Å². The highest BCUT2D eigenvalue weighted by Crippen LogP contribution is 2.20. The molecule has 9 nitrogen and oxygen atoms in total. The van der Waals surface area contributed by atoms with Crippen molar-refractivity contribution in [3.63, 3.8) is 0 Å². The molecule has 1 amide bonds. The molecule has 1 unspecified atom stereocenters. The third kappa shape index (κ3) is 7.79. The number of nitrogens with zero attached hydrogens (tertiary/aromatic N) is 3. The van der Waals surface area contributed by atoms with E-state index in [0.29, 0.717) is 31.1 Å². The Hall–Kier alpha value is -3.98. The molecular formula is C26H30N4O5. The van der Waals surface area contributed by atoms with Gasteiger partial charge in [-0.25, -0.2) is 4.99 Å². The van der Waals surface area contributed by atoms with Gasteiger partial charge in [-0.05, 0) is 60.5 Å². The van der Waals surface area contributed by atoms with Crippen LogP contribution >= 0.6 is 0 Å². The minimum atomic E-state index is -0.334. The van der Waals surface area contributed by atoms with E-state index in [4.69, 9.17) is 19.4 Å². The molecule has 1 heterocycles. The van der Waals surface area contributed by atoms with Gasteiger partial charge in [-0.2, -0.15) is 0 Å². The van der Waals surface area contributed by atoms with Crippen molar-refractivity contribution in [3.8, 4) is 11.5 Å². The number of amidine groups is 1. The zero-order valence-electron chi connectivity index (χ0n) is 19.9. The van der Waals surface area contributed by atoms with Crippen molar-refractivity contribution >= 4 is 23.2 Å². The number of carbonyl (C=O) groups excluding carboxylic acids is 1. The molecule has 1 atom stereocenters. The van der Waals surface area contributed by atoms with E-state index < -0.39 is 0 Å². The molecule has 184 valence electrons. The standard InChI is InChI=1S/C26H30N4O5/c1-4-24(26(32)28-16-19-5-9-21(33-3)10-6-19)29-18(2)27-17-23-15-25(30-35-23)20-7-11-22(12-8-20)34-14-13-31/h4-12,23,31H,1,13-17H2,2-3H3,(H,28,32). The van der Waals surface area contributed by atoms with Crippen LogP contribution in [0.15, 0.2) is 76.3 Å². The summed E-state index contributed by atoms with van der Waals surface area (Å²) in [5, 5.41) is 15.8. The lowest BCUT2D eigenvalue weighted by Crippen LogP contribution is -2.30. The fraction of sp³-hybridized carbons (Fsp3) is 0.308. The Morgan fingerprint density at radius 1 is 1.23 bits per heavy atom. The molecule has 35 heavy (non-hydrogen) atoms. The quantitative estimate of drug-likeness (QED) is 0.381. The van der Waals surface area contributed by atoms with Crippen LogP contribution in [0.2, 0.25) is 0 Å². The van der Waals surface area contributed by atoms with Crippen molar-refractivity contribution in [2.45, 2.75) is 26.0 Å². The Bertz CT molecular complexity index is 1090. The monoisotopic (exact) mass is 478 g/mol. The summed E-state index contributed by atoms with van der Waals surface area (Å²) in [6.45, 7) is 6.35. The number of aliphatic hydroxyl groups excluding tert-OH is 1. The van der Waals surface area contributed by atoms with Gasteiger partial charge in [0.1, 0.15) is 29.7 Å². The molecule has 0 saturated heterocycles. The van der Waals surface area contributed by atoms with Crippen molar-refractivity contribution < 1.29 is 24.2 Å². The third-order valence-electron chi connectivity index (χ3n) is 5.12. The van der Waals surface area contributed by atoms with Crippen LogP contribution in [0.5, 0.6) is 11.5 Å². The topological polar surface area (TPSA) is 114 Å². The lowest BCUT2D eigenvalue weighted by molar-refractivity contribution is -0.114. The Labute approximate surface area is 204 Å². The number of carbonyl (C=O) groups is 1. The summed E-state index contributed by atoms with van der Waals surface area (Å²) < 4.78 is 10.5. The van der Waals surface area contributed by atoms with E-state index in [2.05, 4.69) is 27.0 Å². The molecular weight excluding hydrogens is 448 g/mol. The number of amides is 1. The number of benzene rings is 2. The van der Waals surface area contributed by atoms with Crippen LogP contribution in [-0.2, 0) is 16.2 Å². The Balaban J connectivity index is 1.49. The predicted molar refractivity (Wildman–Crippen MR) is 135 cm³/mol. The molecule has 9 heteroatoms. The molecule has 2 aromatic carbocycles. The normalized spacial score (nSPS) is 15.7. The number of aliphatic hydroxyl groups is 1. The molecule has 1 aliphatic heterocycles. The summed E-state index contributed by atoms with van der Waals surface area (Å²) in [6.07, 6.45) is 1.80. The van der Waals surface area contributed by atoms with E-state index >= 15 is 0 Å². The lowest BCUT2D eigenvalue weighted by Gasteiger charge is -2.07. The average Bonchev–Trinajstić information content (AvgIpc) is 3.37. The van der Waals surface area contributed by atoms with Gasteiger partial charge < -0.3 is 24.7 Å². The maximum atomic E-state index is 12.5. The van der Waals surface area contributed by atoms with E-state index in [1.54, 1.807) is 14.0 Å². The molecule has 2 N–H and O–H groups in total. The van der Waals surface area contributed by atoms with Gasteiger partial charge in [-0.3, -0.25) is 9.79 Å². The molecule has 3 rings (SSSR count). The summed E-state index contributed by atoms with van der Waals surface area (Å²) in [5.41, 5.74) is 2.89.